The van der Waals surface area contributed by atoms with Gasteiger partial charge in [-0.25, -0.2) is 0 Å². The van der Waals surface area contributed by atoms with Crippen molar-refractivity contribution in [3.05, 3.63) is 64.1 Å². The second-order valence-corrected chi connectivity index (χ2v) is 7.56. The van der Waals surface area contributed by atoms with Gasteiger partial charge in [0.05, 0.1) is 15.7 Å². The maximum absolute atomic E-state index is 12.5. The van der Waals surface area contributed by atoms with Gasteiger partial charge in [0.25, 0.3) is 0 Å². The van der Waals surface area contributed by atoms with Crippen LogP contribution in [-0.4, -0.2) is 36.2 Å². The van der Waals surface area contributed by atoms with E-state index in [1.807, 2.05) is 30.3 Å². The van der Waals surface area contributed by atoms with Gasteiger partial charge >= 0.3 is 0 Å². The molecule has 0 saturated carbocycles. The highest BCUT2D eigenvalue weighted by atomic mass is 35.5. The Labute approximate surface area is 169 Å². The summed E-state index contributed by atoms with van der Waals surface area (Å²) in [6.07, 6.45) is 2.01. The number of benzene rings is 2. The van der Waals surface area contributed by atoms with E-state index >= 15 is 0 Å². The Kier molecular flexibility index (Phi) is 6.89. The lowest BCUT2D eigenvalue weighted by Gasteiger charge is -2.31. The van der Waals surface area contributed by atoms with Crippen molar-refractivity contribution in [3.63, 3.8) is 0 Å². The van der Waals surface area contributed by atoms with Crippen LogP contribution >= 0.6 is 23.2 Å². The van der Waals surface area contributed by atoms with E-state index in [0.29, 0.717) is 28.7 Å². The highest BCUT2D eigenvalue weighted by molar-refractivity contribution is 6.39. The number of amides is 1. The molecule has 3 rings (SSSR count). The Morgan fingerprint density at radius 2 is 1.59 bits per heavy atom. The van der Waals surface area contributed by atoms with Gasteiger partial charge in [-0.1, -0.05) is 59.6 Å². The van der Waals surface area contributed by atoms with Crippen LogP contribution in [0.25, 0.3) is 0 Å². The molecule has 1 aliphatic rings. The standard InChI is InChI=1S/C21H22Cl2N2O2/c22-17-7-4-8-18(23)20(17)24-19(26)11-14-25-12-9-16(10-13-25)21(27)15-5-2-1-3-6-15/h1-8,16H,9-14H2,(H,24,26). The van der Waals surface area contributed by atoms with E-state index in [-0.39, 0.29) is 17.6 Å². The van der Waals surface area contributed by atoms with Crippen LogP contribution in [0.3, 0.4) is 0 Å². The van der Waals surface area contributed by atoms with Gasteiger partial charge in [0.1, 0.15) is 0 Å². The molecule has 0 bridgehead atoms. The topological polar surface area (TPSA) is 49.4 Å². The van der Waals surface area contributed by atoms with Crippen molar-refractivity contribution in [2.24, 2.45) is 5.92 Å². The Balaban J connectivity index is 1.44. The predicted molar refractivity (Wildman–Crippen MR) is 110 cm³/mol. The number of anilines is 1. The second kappa shape index (κ2) is 9.36. The number of carbonyl (C=O) groups excluding carboxylic acids is 2. The van der Waals surface area contributed by atoms with Crippen molar-refractivity contribution < 1.29 is 9.59 Å². The third-order valence-electron chi connectivity index (χ3n) is 4.90. The summed E-state index contributed by atoms with van der Waals surface area (Å²) in [4.78, 5) is 27.0. The van der Waals surface area contributed by atoms with Gasteiger partial charge < -0.3 is 10.2 Å². The van der Waals surface area contributed by atoms with Crippen LogP contribution in [0.2, 0.25) is 10.0 Å². The molecule has 1 aliphatic heterocycles. The van der Waals surface area contributed by atoms with Crippen LogP contribution < -0.4 is 5.32 Å². The van der Waals surface area contributed by atoms with Crippen LogP contribution in [0.4, 0.5) is 5.69 Å². The number of hydrogen-bond donors (Lipinski definition) is 1. The predicted octanol–water partition coefficient (Wildman–Crippen LogP) is 4.92. The number of hydrogen-bond acceptors (Lipinski definition) is 3. The van der Waals surface area contributed by atoms with Crippen molar-refractivity contribution in [1.29, 1.82) is 0 Å². The largest absolute Gasteiger partial charge is 0.324 e. The minimum absolute atomic E-state index is 0.0689. The third-order valence-corrected chi connectivity index (χ3v) is 5.53. The average molecular weight is 405 g/mol. The van der Waals surface area contributed by atoms with Crippen LogP contribution in [0.15, 0.2) is 48.5 Å². The van der Waals surface area contributed by atoms with Crippen LogP contribution in [0.5, 0.6) is 0 Å². The molecule has 0 radical (unpaired) electrons. The number of rotatable bonds is 6. The molecule has 2 aromatic carbocycles. The summed E-state index contributed by atoms with van der Waals surface area (Å²) < 4.78 is 0. The number of nitrogens with zero attached hydrogens (tertiary/aromatic N) is 1. The normalized spacial score (nSPS) is 15.5. The van der Waals surface area contributed by atoms with Crippen LogP contribution in [0.1, 0.15) is 29.6 Å². The number of Topliss-reactive ketones (excluding diaryl/α,β-unsaturated/α-hetero) is 1. The molecule has 0 atom stereocenters. The summed E-state index contributed by atoms with van der Waals surface area (Å²) in [5.74, 6) is 0.174. The lowest BCUT2D eigenvalue weighted by molar-refractivity contribution is -0.116. The van der Waals surface area contributed by atoms with Gasteiger partial charge in [0.2, 0.25) is 5.91 Å². The van der Waals surface area contributed by atoms with E-state index in [2.05, 4.69) is 10.2 Å². The Morgan fingerprint density at radius 1 is 0.963 bits per heavy atom. The van der Waals surface area contributed by atoms with E-state index in [9.17, 15) is 9.59 Å². The molecule has 1 amide bonds. The van der Waals surface area contributed by atoms with Gasteiger partial charge in [-0.3, -0.25) is 9.59 Å². The van der Waals surface area contributed by atoms with E-state index in [4.69, 9.17) is 23.2 Å². The number of ketones is 1. The van der Waals surface area contributed by atoms with Gasteiger partial charge in [0.15, 0.2) is 5.78 Å². The molecule has 6 heteroatoms. The van der Waals surface area contributed by atoms with Gasteiger partial charge in [0, 0.05) is 24.4 Å². The number of nitrogens with one attached hydrogen (secondary N) is 1. The van der Waals surface area contributed by atoms with Crippen molar-refractivity contribution in [2.75, 3.05) is 25.0 Å². The second-order valence-electron chi connectivity index (χ2n) is 6.74. The lowest BCUT2D eigenvalue weighted by Crippen LogP contribution is -2.38. The summed E-state index contributed by atoms with van der Waals surface area (Å²) in [5.41, 5.74) is 1.24. The van der Waals surface area contributed by atoms with Crippen molar-refractivity contribution in [3.8, 4) is 0 Å². The van der Waals surface area contributed by atoms with E-state index in [1.165, 1.54) is 0 Å². The molecule has 1 heterocycles. The molecule has 0 aromatic heterocycles. The van der Waals surface area contributed by atoms with Gasteiger partial charge in [-0.15, -0.1) is 0 Å². The summed E-state index contributed by atoms with van der Waals surface area (Å²) >= 11 is 12.2. The zero-order valence-corrected chi connectivity index (χ0v) is 16.5. The number of piperidine rings is 1. The monoisotopic (exact) mass is 404 g/mol. The average Bonchev–Trinajstić information content (AvgIpc) is 2.70. The molecule has 0 spiro atoms. The minimum Gasteiger partial charge on any atom is -0.324 e. The van der Waals surface area contributed by atoms with E-state index in [0.717, 1.165) is 31.5 Å². The van der Waals surface area contributed by atoms with Crippen molar-refractivity contribution in [2.45, 2.75) is 19.3 Å². The number of halogens is 2. The highest BCUT2D eigenvalue weighted by Gasteiger charge is 2.25. The number of likely N-dealkylation sites (tertiary alicyclic amines) is 1. The Bertz CT molecular complexity index is 783. The summed E-state index contributed by atoms with van der Waals surface area (Å²) in [6, 6.07) is 14.6. The molecule has 142 valence electrons. The van der Waals surface area contributed by atoms with Gasteiger partial charge in [-0.05, 0) is 38.1 Å². The fraction of sp³-hybridized carbons (Fsp3) is 0.333. The summed E-state index contributed by atoms with van der Waals surface area (Å²) in [6.45, 7) is 2.30. The summed E-state index contributed by atoms with van der Waals surface area (Å²) in [7, 11) is 0. The fourth-order valence-corrected chi connectivity index (χ4v) is 3.83. The first-order chi connectivity index (χ1) is 13.0. The van der Waals surface area contributed by atoms with Crippen LogP contribution in [0, 0.1) is 5.92 Å². The molecule has 1 saturated heterocycles. The molecule has 0 unspecified atom stereocenters. The molecule has 27 heavy (non-hydrogen) atoms. The maximum atomic E-state index is 12.5. The molecule has 0 aliphatic carbocycles. The lowest BCUT2D eigenvalue weighted by atomic mass is 9.89. The quantitative estimate of drug-likeness (QED) is 0.695. The van der Waals surface area contributed by atoms with E-state index < -0.39 is 0 Å². The molecule has 2 aromatic rings. The number of para-hydroxylation sites is 1. The Hall–Kier alpha value is -1.88. The molecule has 1 N–H and O–H groups in total. The minimum atomic E-state index is -0.118. The molecule has 4 nitrogen and oxygen atoms in total. The molecular weight excluding hydrogens is 383 g/mol. The first-order valence-electron chi connectivity index (χ1n) is 9.10. The highest BCUT2D eigenvalue weighted by Crippen LogP contribution is 2.30. The zero-order valence-electron chi connectivity index (χ0n) is 15.0. The van der Waals surface area contributed by atoms with Gasteiger partial charge in [-0.2, -0.15) is 0 Å². The van der Waals surface area contributed by atoms with Crippen molar-refractivity contribution >= 4 is 40.6 Å². The summed E-state index contributed by atoms with van der Waals surface area (Å²) in [5, 5.41) is 3.64. The maximum Gasteiger partial charge on any atom is 0.225 e. The zero-order chi connectivity index (χ0) is 19.2. The molecular formula is C21H22Cl2N2O2. The smallest absolute Gasteiger partial charge is 0.225 e. The fourth-order valence-electron chi connectivity index (χ4n) is 3.34. The third kappa shape index (κ3) is 5.32. The Morgan fingerprint density at radius 3 is 2.22 bits per heavy atom. The van der Waals surface area contributed by atoms with Crippen LogP contribution in [-0.2, 0) is 4.79 Å². The first kappa shape index (κ1) is 19.9. The SMILES string of the molecule is O=C(CCN1CCC(C(=O)c2ccccc2)CC1)Nc1c(Cl)cccc1Cl. The van der Waals surface area contributed by atoms with E-state index in [1.54, 1.807) is 18.2 Å². The number of carbonyl (C=O) groups is 2. The van der Waals surface area contributed by atoms with Crippen molar-refractivity contribution in [1.82, 2.24) is 4.90 Å². The first-order valence-corrected chi connectivity index (χ1v) is 9.85. The molecule has 1 fully saturated rings.